The van der Waals surface area contributed by atoms with Crippen molar-refractivity contribution in [3.05, 3.63) is 12.7 Å². The lowest BCUT2D eigenvalue weighted by molar-refractivity contribution is -0.330. The topological polar surface area (TPSA) is 89.8 Å². The fraction of sp³-hybridized carbons (Fsp3) is 0.400. The summed E-state index contributed by atoms with van der Waals surface area (Å²) in [5, 5.41) is 26.2. The summed E-state index contributed by atoms with van der Waals surface area (Å²) in [6, 6.07) is 0. The second-order valence-corrected chi connectivity index (χ2v) is 1.66. The molecule has 0 aliphatic heterocycles. The van der Waals surface area contributed by atoms with E-state index in [1.54, 1.807) is 5.32 Å². The minimum atomic E-state index is -2.99. The van der Waals surface area contributed by atoms with Gasteiger partial charge in [0.15, 0.2) is 5.78 Å². The van der Waals surface area contributed by atoms with Gasteiger partial charge in [0, 0.05) is 0 Å². The Hall–Kier alpha value is -0.750. The van der Waals surface area contributed by atoms with Gasteiger partial charge in [-0.25, -0.2) is 5.32 Å². The molecule has 0 unspecified atom stereocenters. The largest absolute Gasteiger partial charge is 0.343 e. The Morgan fingerprint density at radius 1 is 1.60 bits per heavy atom. The molecule has 5 nitrogen and oxygen atoms in total. The predicted molar refractivity (Wildman–Crippen MR) is 32.6 cm³/mol. The molecule has 0 radical (unpaired) electrons. The fourth-order valence-electron chi connectivity index (χ4n) is 0.278. The van der Waals surface area contributed by atoms with Gasteiger partial charge in [-0.15, -0.1) is 0 Å². The third-order valence-corrected chi connectivity index (χ3v) is 0.727. The molecule has 0 spiro atoms. The van der Waals surface area contributed by atoms with Gasteiger partial charge in [-0.1, -0.05) is 6.58 Å². The molecule has 0 saturated carbocycles. The molecule has 0 aliphatic rings. The van der Waals surface area contributed by atoms with Crippen molar-refractivity contribution in [2.45, 2.75) is 6.10 Å². The van der Waals surface area contributed by atoms with Crippen LogP contribution in [0, 0.1) is 0 Å². The molecule has 5 heteroatoms. The summed E-state index contributed by atoms with van der Waals surface area (Å²) in [4.78, 5) is 10.3. The lowest BCUT2D eigenvalue weighted by Gasteiger charge is -2.13. The molecule has 58 valence electrons. The molecule has 0 atom stereocenters. The van der Waals surface area contributed by atoms with Gasteiger partial charge < -0.3 is 15.3 Å². The Labute approximate surface area is 57.6 Å². The minimum Gasteiger partial charge on any atom is -0.330 e. The van der Waals surface area contributed by atoms with Crippen LogP contribution in [0.5, 0.6) is 0 Å². The van der Waals surface area contributed by atoms with Gasteiger partial charge >= 0.3 is 6.10 Å². The molecule has 0 heterocycles. The lowest BCUT2D eigenvalue weighted by Crippen LogP contribution is -2.46. The maximum Gasteiger partial charge on any atom is 0.343 e. The Morgan fingerprint density at radius 2 is 2.10 bits per heavy atom. The SMILES string of the molecule is C=CC(=O)CNC(O)(O)O. The van der Waals surface area contributed by atoms with Crippen LogP contribution in [-0.4, -0.2) is 33.7 Å². The van der Waals surface area contributed by atoms with Crippen LogP contribution >= 0.6 is 0 Å². The molecule has 0 bridgehead atoms. The van der Waals surface area contributed by atoms with Crippen LogP contribution in [0.15, 0.2) is 12.7 Å². The van der Waals surface area contributed by atoms with Crippen molar-refractivity contribution in [1.29, 1.82) is 0 Å². The molecular formula is C5H9NO4. The molecule has 0 aromatic carbocycles. The Bertz CT molecular complexity index is 137. The van der Waals surface area contributed by atoms with Gasteiger partial charge in [0.1, 0.15) is 0 Å². The highest BCUT2D eigenvalue weighted by Crippen LogP contribution is 1.83. The molecule has 0 fully saturated rings. The first-order valence-corrected chi connectivity index (χ1v) is 2.53. The van der Waals surface area contributed by atoms with Gasteiger partial charge in [-0.2, -0.15) is 0 Å². The number of hydrogen-bond acceptors (Lipinski definition) is 5. The molecule has 0 aromatic heterocycles. The number of hydrogen-bond donors (Lipinski definition) is 4. The van der Waals surface area contributed by atoms with E-state index in [0.29, 0.717) is 0 Å². The number of carbonyl (C=O) groups excluding carboxylic acids is 1. The van der Waals surface area contributed by atoms with Crippen LogP contribution in [0.25, 0.3) is 0 Å². The summed E-state index contributed by atoms with van der Waals surface area (Å²) >= 11 is 0. The van der Waals surface area contributed by atoms with Gasteiger partial charge in [-0.3, -0.25) is 4.79 Å². The van der Waals surface area contributed by atoms with Gasteiger partial charge in [0.2, 0.25) is 0 Å². The second kappa shape index (κ2) is 3.43. The summed E-state index contributed by atoms with van der Waals surface area (Å²) in [7, 11) is 0. The van der Waals surface area contributed by atoms with E-state index >= 15 is 0 Å². The number of ketones is 1. The average Bonchev–Trinajstić information content (AvgIpc) is 1.81. The number of carbonyl (C=O) groups is 1. The average molecular weight is 147 g/mol. The fourth-order valence-corrected chi connectivity index (χ4v) is 0.278. The first kappa shape index (κ1) is 9.25. The molecule has 10 heavy (non-hydrogen) atoms. The molecule has 4 N–H and O–H groups in total. The van der Waals surface area contributed by atoms with E-state index in [2.05, 4.69) is 6.58 Å². The van der Waals surface area contributed by atoms with E-state index in [1.807, 2.05) is 0 Å². The van der Waals surface area contributed by atoms with E-state index in [4.69, 9.17) is 15.3 Å². The van der Waals surface area contributed by atoms with Crippen LogP contribution in [0.1, 0.15) is 0 Å². The van der Waals surface area contributed by atoms with Crippen molar-refractivity contribution >= 4 is 5.78 Å². The zero-order chi connectivity index (χ0) is 8.20. The van der Waals surface area contributed by atoms with E-state index in [0.717, 1.165) is 6.08 Å². The lowest BCUT2D eigenvalue weighted by atomic mass is 10.4. The van der Waals surface area contributed by atoms with Crippen molar-refractivity contribution in [3.63, 3.8) is 0 Å². The normalized spacial score (nSPS) is 11.1. The zero-order valence-electron chi connectivity index (χ0n) is 5.24. The molecule has 0 amide bonds. The quantitative estimate of drug-likeness (QED) is 0.270. The van der Waals surface area contributed by atoms with Crippen LogP contribution in [0.4, 0.5) is 0 Å². The maximum absolute atomic E-state index is 10.3. The van der Waals surface area contributed by atoms with Crippen molar-refractivity contribution in [2.24, 2.45) is 0 Å². The third kappa shape index (κ3) is 5.39. The summed E-state index contributed by atoms with van der Waals surface area (Å²) < 4.78 is 0. The number of nitrogens with one attached hydrogen (secondary N) is 1. The second-order valence-electron chi connectivity index (χ2n) is 1.66. The summed E-state index contributed by atoms with van der Waals surface area (Å²) in [6.45, 7) is 2.76. The van der Waals surface area contributed by atoms with E-state index in [1.165, 1.54) is 0 Å². The molecule has 0 saturated heterocycles. The van der Waals surface area contributed by atoms with Crippen molar-refractivity contribution in [3.8, 4) is 0 Å². The van der Waals surface area contributed by atoms with Gasteiger partial charge in [0.25, 0.3) is 0 Å². The standard InChI is InChI=1S/C5H9NO4/c1-2-4(7)3-6-5(8,9)10/h2,6,8-10H,1,3H2. The monoisotopic (exact) mass is 147 g/mol. The Balaban J connectivity index is 3.55. The van der Waals surface area contributed by atoms with Crippen LogP contribution < -0.4 is 5.32 Å². The van der Waals surface area contributed by atoms with Crippen LogP contribution in [0.3, 0.4) is 0 Å². The van der Waals surface area contributed by atoms with E-state index < -0.39 is 11.9 Å². The third-order valence-electron chi connectivity index (χ3n) is 0.727. The summed E-state index contributed by atoms with van der Waals surface area (Å²) in [5.74, 6) is -0.443. The van der Waals surface area contributed by atoms with Crippen molar-refractivity contribution in [1.82, 2.24) is 5.32 Å². The molecule has 0 rings (SSSR count). The van der Waals surface area contributed by atoms with Gasteiger partial charge in [0.05, 0.1) is 6.54 Å². The molecule has 0 aliphatic carbocycles. The van der Waals surface area contributed by atoms with E-state index in [-0.39, 0.29) is 6.54 Å². The number of rotatable bonds is 4. The van der Waals surface area contributed by atoms with E-state index in [9.17, 15) is 4.79 Å². The predicted octanol–water partition coefficient (Wildman–Crippen LogP) is -2.08. The van der Waals surface area contributed by atoms with Crippen LogP contribution in [-0.2, 0) is 4.79 Å². The minimum absolute atomic E-state index is 0.368. The summed E-state index contributed by atoms with van der Waals surface area (Å²) in [5.41, 5.74) is 0. The first-order valence-electron chi connectivity index (χ1n) is 2.53. The Kier molecular flexibility index (Phi) is 3.17. The molecule has 0 aromatic rings. The highest BCUT2D eigenvalue weighted by molar-refractivity contribution is 5.90. The Morgan fingerprint density at radius 3 is 2.40 bits per heavy atom. The van der Waals surface area contributed by atoms with Crippen LogP contribution in [0.2, 0.25) is 0 Å². The molecular weight excluding hydrogens is 138 g/mol. The van der Waals surface area contributed by atoms with Crippen molar-refractivity contribution < 1.29 is 20.1 Å². The zero-order valence-corrected chi connectivity index (χ0v) is 5.24. The summed E-state index contributed by atoms with van der Waals surface area (Å²) in [6.07, 6.45) is -1.99. The highest BCUT2D eigenvalue weighted by atomic mass is 16.7. The van der Waals surface area contributed by atoms with Gasteiger partial charge in [-0.05, 0) is 6.08 Å². The smallest absolute Gasteiger partial charge is 0.330 e. The first-order chi connectivity index (χ1) is 4.45. The maximum atomic E-state index is 10.3. The number of aliphatic hydroxyl groups is 3. The van der Waals surface area contributed by atoms with Crippen molar-refractivity contribution in [2.75, 3.05) is 6.54 Å². The highest BCUT2D eigenvalue weighted by Gasteiger charge is 2.16.